The van der Waals surface area contributed by atoms with Crippen molar-refractivity contribution in [1.82, 2.24) is 9.88 Å². The van der Waals surface area contributed by atoms with Gasteiger partial charge in [0.1, 0.15) is 18.1 Å². The van der Waals surface area contributed by atoms with Crippen molar-refractivity contribution >= 4 is 23.3 Å². The van der Waals surface area contributed by atoms with Crippen LogP contribution in [0.25, 0.3) is 0 Å². The average molecular weight is 438 g/mol. The second kappa shape index (κ2) is 9.71. The molecule has 2 heterocycles. The molecule has 0 spiro atoms. The molecular formula is C24H24ClN3O3. The lowest BCUT2D eigenvalue weighted by Gasteiger charge is -2.25. The molecule has 2 amide bonds. The molecule has 1 aliphatic rings. The second-order valence-electron chi connectivity index (χ2n) is 7.31. The number of carbonyl (C=O) groups is 1. The SMILES string of the molecule is COc1ccc(C2CCCN2C(=O)Nc2ccc(OCc3ccccn3)c(Cl)c2)cc1. The first-order valence-corrected chi connectivity index (χ1v) is 10.6. The Bertz CT molecular complexity index is 1030. The van der Waals surface area contributed by atoms with Crippen LogP contribution in [-0.2, 0) is 6.61 Å². The molecule has 1 unspecified atom stereocenters. The number of hydrogen-bond acceptors (Lipinski definition) is 4. The number of hydrogen-bond donors (Lipinski definition) is 1. The summed E-state index contributed by atoms with van der Waals surface area (Å²) >= 11 is 6.37. The number of nitrogens with one attached hydrogen (secondary N) is 1. The van der Waals surface area contributed by atoms with Crippen LogP contribution in [0, 0.1) is 0 Å². The standard InChI is InChI=1S/C24H24ClN3O3/c1-30-20-10-7-17(8-11-20)22-6-4-14-28(22)24(29)27-18-9-12-23(21(25)15-18)31-16-19-5-2-3-13-26-19/h2-3,5,7-13,15,22H,4,6,14,16H2,1H3,(H,27,29). The van der Waals surface area contributed by atoms with Gasteiger partial charge in [-0.05, 0) is 60.9 Å². The molecule has 0 radical (unpaired) electrons. The zero-order chi connectivity index (χ0) is 21.6. The maximum absolute atomic E-state index is 12.9. The van der Waals surface area contributed by atoms with E-state index in [-0.39, 0.29) is 12.1 Å². The number of carbonyl (C=O) groups excluding carboxylic acids is 1. The molecule has 1 N–H and O–H groups in total. The average Bonchev–Trinajstić information content (AvgIpc) is 3.29. The van der Waals surface area contributed by atoms with Gasteiger partial charge in [-0.25, -0.2) is 4.79 Å². The van der Waals surface area contributed by atoms with E-state index in [1.807, 2.05) is 47.4 Å². The molecule has 4 rings (SSSR count). The van der Waals surface area contributed by atoms with Crippen LogP contribution in [0.3, 0.4) is 0 Å². The lowest BCUT2D eigenvalue weighted by molar-refractivity contribution is 0.207. The fourth-order valence-electron chi connectivity index (χ4n) is 3.71. The largest absolute Gasteiger partial charge is 0.497 e. The maximum atomic E-state index is 12.9. The summed E-state index contributed by atoms with van der Waals surface area (Å²) in [5.74, 6) is 1.35. The number of methoxy groups -OCH3 is 1. The summed E-state index contributed by atoms with van der Waals surface area (Å²) in [6.45, 7) is 1.03. The molecular weight excluding hydrogens is 414 g/mol. The summed E-state index contributed by atoms with van der Waals surface area (Å²) in [5, 5.41) is 3.39. The van der Waals surface area contributed by atoms with E-state index in [0.29, 0.717) is 29.6 Å². The highest BCUT2D eigenvalue weighted by atomic mass is 35.5. The highest BCUT2D eigenvalue weighted by Gasteiger charge is 2.30. The molecule has 3 aromatic rings. The van der Waals surface area contributed by atoms with Crippen molar-refractivity contribution in [2.24, 2.45) is 0 Å². The summed E-state index contributed by atoms with van der Waals surface area (Å²) in [5.41, 5.74) is 2.54. The molecule has 7 heteroatoms. The topological polar surface area (TPSA) is 63.7 Å². The van der Waals surface area contributed by atoms with Crippen molar-refractivity contribution in [2.45, 2.75) is 25.5 Å². The van der Waals surface area contributed by atoms with Crippen LogP contribution in [0.1, 0.15) is 30.1 Å². The van der Waals surface area contributed by atoms with Crippen molar-refractivity contribution in [3.05, 3.63) is 83.1 Å². The van der Waals surface area contributed by atoms with Gasteiger partial charge in [-0.3, -0.25) is 4.98 Å². The van der Waals surface area contributed by atoms with Gasteiger partial charge in [0.05, 0.1) is 23.9 Å². The molecule has 1 aliphatic heterocycles. The summed E-state index contributed by atoms with van der Waals surface area (Å²) in [6.07, 6.45) is 3.61. The van der Waals surface area contributed by atoms with Crippen molar-refractivity contribution in [2.75, 3.05) is 19.0 Å². The fourth-order valence-corrected chi connectivity index (χ4v) is 3.94. The van der Waals surface area contributed by atoms with Gasteiger partial charge >= 0.3 is 6.03 Å². The summed E-state index contributed by atoms with van der Waals surface area (Å²) in [4.78, 5) is 19.0. The number of urea groups is 1. The van der Waals surface area contributed by atoms with Gasteiger partial charge in [0, 0.05) is 18.4 Å². The first-order valence-electron chi connectivity index (χ1n) is 10.2. The predicted octanol–water partition coefficient (Wildman–Crippen LogP) is 5.69. The first kappa shape index (κ1) is 21.0. The Balaban J connectivity index is 1.39. The Hall–Kier alpha value is -3.25. The molecule has 0 saturated carbocycles. The van der Waals surface area contributed by atoms with Crippen molar-refractivity contribution in [3.8, 4) is 11.5 Å². The Morgan fingerprint density at radius 2 is 2.03 bits per heavy atom. The zero-order valence-electron chi connectivity index (χ0n) is 17.3. The summed E-state index contributed by atoms with van der Waals surface area (Å²) < 4.78 is 11.0. The van der Waals surface area contributed by atoms with Gasteiger partial charge in [0.25, 0.3) is 0 Å². The van der Waals surface area contributed by atoms with Crippen molar-refractivity contribution < 1.29 is 14.3 Å². The molecule has 1 atom stereocenters. The third-order valence-electron chi connectivity index (χ3n) is 5.30. The number of amides is 2. The monoisotopic (exact) mass is 437 g/mol. The minimum Gasteiger partial charge on any atom is -0.497 e. The third kappa shape index (κ3) is 5.09. The Morgan fingerprint density at radius 1 is 1.19 bits per heavy atom. The molecule has 0 bridgehead atoms. The van der Waals surface area contributed by atoms with E-state index in [1.54, 1.807) is 31.5 Å². The Labute approximate surface area is 186 Å². The molecule has 1 saturated heterocycles. The Morgan fingerprint density at radius 3 is 2.74 bits per heavy atom. The third-order valence-corrected chi connectivity index (χ3v) is 5.59. The van der Waals surface area contributed by atoms with E-state index in [4.69, 9.17) is 21.1 Å². The van der Waals surface area contributed by atoms with Crippen molar-refractivity contribution in [1.29, 1.82) is 0 Å². The van der Waals surface area contributed by atoms with E-state index in [9.17, 15) is 4.79 Å². The second-order valence-corrected chi connectivity index (χ2v) is 7.72. The number of benzene rings is 2. The van der Waals surface area contributed by atoms with Gasteiger partial charge in [0.15, 0.2) is 0 Å². The number of ether oxygens (including phenoxy) is 2. The molecule has 1 aromatic heterocycles. The van der Waals surface area contributed by atoms with E-state index >= 15 is 0 Å². The van der Waals surface area contributed by atoms with Gasteiger partial charge in [-0.2, -0.15) is 0 Å². The number of nitrogens with zero attached hydrogens (tertiary/aromatic N) is 2. The molecule has 2 aromatic carbocycles. The molecule has 31 heavy (non-hydrogen) atoms. The molecule has 1 fully saturated rings. The van der Waals surface area contributed by atoms with Crippen LogP contribution in [0.2, 0.25) is 5.02 Å². The quantitative estimate of drug-likeness (QED) is 0.538. The van der Waals surface area contributed by atoms with Crippen LogP contribution in [0.15, 0.2) is 66.9 Å². The van der Waals surface area contributed by atoms with Crippen LogP contribution in [-0.4, -0.2) is 29.6 Å². The Kier molecular flexibility index (Phi) is 6.57. The lowest BCUT2D eigenvalue weighted by atomic mass is 10.0. The van der Waals surface area contributed by atoms with Gasteiger partial charge in [0.2, 0.25) is 0 Å². The number of aromatic nitrogens is 1. The summed E-state index contributed by atoms with van der Waals surface area (Å²) in [6, 6.07) is 18.7. The van der Waals surface area contributed by atoms with Gasteiger partial charge in [-0.1, -0.05) is 29.8 Å². The zero-order valence-corrected chi connectivity index (χ0v) is 18.0. The smallest absolute Gasteiger partial charge is 0.322 e. The first-order chi connectivity index (χ1) is 15.1. The molecule has 6 nitrogen and oxygen atoms in total. The van der Waals surface area contributed by atoms with Crippen LogP contribution < -0.4 is 14.8 Å². The molecule has 160 valence electrons. The van der Waals surface area contributed by atoms with E-state index in [2.05, 4.69) is 10.3 Å². The number of anilines is 1. The van der Waals surface area contributed by atoms with E-state index in [1.165, 1.54) is 0 Å². The minimum absolute atomic E-state index is 0.0438. The highest BCUT2D eigenvalue weighted by Crippen LogP contribution is 2.34. The van der Waals surface area contributed by atoms with Gasteiger partial charge < -0.3 is 19.7 Å². The number of rotatable bonds is 6. The van der Waals surface area contributed by atoms with Crippen LogP contribution in [0.4, 0.5) is 10.5 Å². The normalized spacial score (nSPS) is 15.5. The summed E-state index contributed by atoms with van der Waals surface area (Å²) in [7, 11) is 1.64. The fraction of sp³-hybridized carbons (Fsp3) is 0.250. The number of pyridine rings is 1. The van der Waals surface area contributed by atoms with Gasteiger partial charge in [-0.15, -0.1) is 0 Å². The maximum Gasteiger partial charge on any atom is 0.322 e. The van der Waals surface area contributed by atoms with E-state index < -0.39 is 0 Å². The molecule has 0 aliphatic carbocycles. The number of likely N-dealkylation sites (tertiary alicyclic amines) is 1. The predicted molar refractivity (Wildman–Crippen MR) is 121 cm³/mol. The number of halogens is 1. The van der Waals surface area contributed by atoms with Crippen molar-refractivity contribution in [3.63, 3.8) is 0 Å². The lowest BCUT2D eigenvalue weighted by Crippen LogP contribution is -2.34. The van der Waals surface area contributed by atoms with Crippen LogP contribution >= 0.6 is 11.6 Å². The van der Waals surface area contributed by atoms with Crippen LogP contribution in [0.5, 0.6) is 11.5 Å². The van der Waals surface area contributed by atoms with E-state index in [0.717, 1.165) is 29.8 Å². The highest BCUT2D eigenvalue weighted by molar-refractivity contribution is 6.32. The minimum atomic E-state index is -0.142.